The minimum Gasteiger partial charge on any atom is -0.381 e. The summed E-state index contributed by atoms with van der Waals surface area (Å²) in [6.07, 6.45) is 0.391. The number of hydrogen-bond acceptors (Lipinski definition) is 3. The summed E-state index contributed by atoms with van der Waals surface area (Å²) in [7, 11) is 0. The largest absolute Gasteiger partial charge is 0.416 e. The second-order valence-corrected chi connectivity index (χ2v) is 7.37. The van der Waals surface area contributed by atoms with Crippen molar-refractivity contribution in [1.29, 1.82) is 0 Å². The molecule has 2 aromatic rings. The first-order valence-electron chi connectivity index (χ1n) is 9.92. The Hall–Kier alpha value is -2.54. The Bertz CT molecular complexity index is 798. The summed E-state index contributed by atoms with van der Waals surface area (Å²) in [5, 5.41) is 6.01. The van der Waals surface area contributed by atoms with E-state index in [2.05, 4.69) is 15.5 Å². The van der Waals surface area contributed by atoms with E-state index in [0.29, 0.717) is 17.8 Å². The Morgan fingerprint density at radius 2 is 1.59 bits per heavy atom. The molecule has 0 bridgehead atoms. The summed E-state index contributed by atoms with van der Waals surface area (Å²) in [5.74, 6) is -0.0309. The van der Waals surface area contributed by atoms with Gasteiger partial charge in [-0.3, -0.25) is 9.69 Å². The fraction of sp³-hybridized carbons (Fsp3) is 0.409. The summed E-state index contributed by atoms with van der Waals surface area (Å²) in [6.45, 7) is 2.61. The van der Waals surface area contributed by atoms with E-state index in [-0.39, 0.29) is 12.5 Å². The molecule has 0 saturated carbocycles. The summed E-state index contributed by atoms with van der Waals surface area (Å²) in [6, 6.07) is 12.4. The van der Waals surface area contributed by atoms with Crippen LogP contribution >= 0.6 is 0 Å². The van der Waals surface area contributed by atoms with Crippen LogP contribution in [-0.4, -0.2) is 30.4 Å². The molecule has 1 saturated heterocycles. The van der Waals surface area contributed by atoms with Crippen LogP contribution in [0.3, 0.4) is 0 Å². The molecule has 0 atom stereocenters. The molecule has 156 valence electrons. The van der Waals surface area contributed by atoms with Crippen LogP contribution in [0.2, 0.25) is 0 Å². The van der Waals surface area contributed by atoms with Gasteiger partial charge in [-0.2, -0.15) is 13.2 Å². The fourth-order valence-corrected chi connectivity index (χ4v) is 3.43. The SMILES string of the molecule is O=C(CN1CCCCCC1)Nc1ccc(NCc2cccc(C(F)(F)F)c2)cc1. The molecular formula is C22H26F3N3O. The molecule has 4 nitrogen and oxygen atoms in total. The van der Waals surface area contributed by atoms with E-state index in [0.717, 1.165) is 43.8 Å². The molecule has 1 amide bonds. The number of benzene rings is 2. The molecular weight excluding hydrogens is 379 g/mol. The number of carbonyl (C=O) groups is 1. The monoisotopic (exact) mass is 405 g/mol. The molecule has 1 aliphatic rings. The van der Waals surface area contributed by atoms with Gasteiger partial charge in [-0.05, 0) is 67.9 Å². The highest BCUT2D eigenvalue weighted by Crippen LogP contribution is 2.29. The fourth-order valence-electron chi connectivity index (χ4n) is 3.43. The average Bonchev–Trinajstić information content (AvgIpc) is 2.95. The summed E-state index contributed by atoms with van der Waals surface area (Å²) < 4.78 is 38.4. The normalized spacial score (nSPS) is 15.6. The van der Waals surface area contributed by atoms with Crippen molar-refractivity contribution in [1.82, 2.24) is 4.90 Å². The van der Waals surface area contributed by atoms with E-state index in [1.54, 1.807) is 30.3 Å². The summed E-state index contributed by atoms with van der Waals surface area (Å²) in [4.78, 5) is 14.4. The van der Waals surface area contributed by atoms with E-state index in [1.807, 2.05) is 0 Å². The Labute approximate surface area is 169 Å². The lowest BCUT2D eigenvalue weighted by atomic mass is 10.1. The highest BCUT2D eigenvalue weighted by atomic mass is 19.4. The van der Waals surface area contributed by atoms with Gasteiger partial charge in [-0.25, -0.2) is 0 Å². The number of carbonyl (C=O) groups excluding carboxylic acids is 1. The molecule has 0 radical (unpaired) electrons. The van der Waals surface area contributed by atoms with Gasteiger partial charge in [-0.15, -0.1) is 0 Å². The van der Waals surface area contributed by atoms with Gasteiger partial charge in [0.1, 0.15) is 0 Å². The lowest BCUT2D eigenvalue weighted by Gasteiger charge is -2.19. The van der Waals surface area contributed by atoms with Crippen LogP contribution in [0.4, 0.5) is 24.5 Å². The van der Waals surface area contributed by atoms with Crippen molar-refractivity contribution < 1.29 is 18.0 Å². The van der Waals surface area contributed by atoms with Gasteiger partial charge in [0.25, 0.3) is 0 Å². The van der Waals surface area contributed by atoms with Crippen molar-refractivity contribution in [3.05, 3.63) is 59.7 Å². The molecule has 0 spiro atoms. The van der Waals surface area contributed by atoms with Crippen LogP contribution < -0.4 is 10.6 Å². The van der Waals surface area contributed by atoms with Crippen molar-refractivity contribution in [3.8, 4) is 0 Å². The molecule has 7 heteroatoms. The molecule has 1 aliphatic heterocycles. The predicted octanol–water partition coefficient (Wildman–Crippen LogP) is 5.13. The maximum atomic E-state index is 12.8. The molecule has 1 fully saturated rings. The van der Waals surface area contributed by atoms with E-state index in [9.17, 15) is 18.0 Å². The number of nitrogens with one attached hydrogen (secondary N) is 2. The van der Waals surface area contributed by atoms with Crippen LogP contribution in [0.15, 0.2) is 48.5 Å². The third-order valence-corrected chi connectivity index (χ3v) is 4.99. The highest BCUT2D eigenvalue weighted by Gasteiger charge is 2.30. The van der Waals surface area contributed by atoms with Crippen LogP contribution in [0.5, 0.6) is 0 Å². The quantitative estimate of drug-likeness (QED) is 0.700. The number of alkyl halides is 3. The highest BCUT2D eigenvalue weighted by molar-refractivity contribution is 5.92. The second kappa shape index (κ2) is 9.78. The van der Waals surface area contributed by atoms with Gasteiger partial charge >= 0.3 is 6.18 Å². The standard InChI is InChI=1S/C22H26F3N3O/c23-22(24,25)18-7-5-6-17(14-18)15-26-19-8-10-20(11-9-19)27-21(29)16-28-12-3-1-2-4-13-28/h5-11,14,26H,1-4,12-13,15-16H2,(H,27,29). The maximum Gasteiger partial charge on any atom is 0.416 e. The van der Waals surface area contributed by atoms with Crippen molar-refractivity contribution in [2.45, 2.75) is 38.4 Å². The average molecular weight is 405 g/mol. The zero-order valence-electron chi connectivity index (χ0n) is 16.3. The third-order valence-electron chi connectivity index (χ3n) is 4.99. The first-order chi connectivity index (χ1) is 13.9. The number of halogens is 3. The van der Waals surface area contributed by atoms with Gasteiger partial charge in [0.15, 0.2) is 0 Å². The first kappa shape index (κ1) is 21.2. The number of hydrogen-bond donors (Lipinski definition) is 2. The minimum absolute atomic E-state index is 0.0309. The molecule has 2 aromatic carbocycles. The lowest BCUT2D eigenvalue weighted by Crippen LogP contribution is -2.33. The number of rotatable bonds is 6. The van der Waals surface area contributed by atoms with Crippen LogP contribution in [-0.2, 0) is 17.5 Å². The van der Waals surface area contributed by atoms with E-state index in [4.69, 9.17) is 0 Å². The maximum absolute atomic E-state index is 12.8. The first-order valence-corrected chi connectivity index (χ1v) is 9.92. The minimum atomic E-state index is -4.34. The van der Waals surface area contributed by atoms with E-state index < -0.39 is 11.7 Å². The summed E-state index contributed by atoms with van der Waals surface area (Å²) >= 11 is 0. The van der Waals surface area contributed by atoms with Gasteiger partial charge in [0, 0.05) is 17.9 Å². The second-order valence-electron chi connectivity index (χ2n) is 7.37. The van der Waals surface area contributed by atoms with E-state index >= 15 is 0 Å². The van der Waals surface area contributed by atoms with Gasteiger partial charge < -0.3 is 10.6 Å². The molecule has 0 aromatic heterocycles. The topological polar surface area (TPSA) is 44.4 Å². The van der Waals surface area contributed by atoms with Crippen LogP contribution in [0, 0.1) is 0 Å². The number of amides is 1. The molecule has 2 N–H and O–H groups in total. The van der Waals surface area contributed by atoms with Crippen LogP contribution in [0.1, 0.15) is 36.8 Å². The van der Waals surface area contributed by atoms with E-state index in [1.165, 1.54) is 18.9 Å². The van der Waals surface area contributed by atoms with Gasteiger partial charge in [0.2, 0.25) is 5.91 Å². The Balaban J connectivity index is 1.49. The van der Waals surface area contributed by atoms with Gasteiger partial charge in [-0.1, -0.05) is 25.0 Å². The summed E-state index contributed by atoms with van der Waals surface area (Å²) in [5.41, 5.74) is 1.37. The lowest BCUT2D eigenvalue weighted by molar-refractivity contribution is -0.137. The Morgan fingerprint density at radius 3 is 2.24 bits per heavy atom. The number of likely N-dealkylation sites (tertiary alicyclic amines) is 1. The molecule has 1 heterocycles. The van der Waals surface area contributed by atoms with Crippen molar-refractivity contribution in [2.75, 3.05) is 30.3 Å². The van der Waals surface area contributed by atoms with Crippen molar-refractivity contribution >= 4 is 17.3 Å². The molecule has 3 rings (SSSR count). The Kier molecular flexibility index (Phi) is 7.14. The smallest absolute Gasteiger partial charge is 0.381 e. The van der Waals surface area contributed by atoms with Crippen molar-refractivity contribution in [3.63, 3.8) is 0 Å². The van der Waals surface area contributed by atoms with Crippen LogP contribution in [0.25, 0.3) is 0 Å². The van der Waals surface area contributed by atoms with Gasteiger partial charge in [0.05, 0.1) is 12.1 Å². The molecule has 0 unspecified atom stereocenters. The number of anilines is 2. The Morgan fingerprint density at radius 1 is 0.931 bits per heavy atom. The van der Waals surface area contributed by atoms with Crippen molar-refractivity contribution in [2.24, 2.45) is 0 Å². The zero-order valence-corrected chi connectivity index (χ0v) is 16.3. The number of nitrogens with zero attached hydrogens (tertiary/aromatic N) is 1. The molecule has 29 heavy (non-hydrogen) atoms. The predicted molar refractivity (Wildman–Crippen MR) is 109 cm³/mol. The zero-order chi connectivity index (χ0) is 20.7. The molecule has 0 aliphatic carbocycles. The third kappa shape index (κ3) is 6.78.